The summed E-state index contributed by atoms with van der Waals surface area (Å²) in [6, 6.07) is 21.9. The monoisotopic (exact) mass is 444 g/mol. The van der Waals surface area contributed by atoms with Crippen molar-refractivity contribution in [2.75, 3.05) is 36.5 Å². The van der Waals surface area contributed by atoms with Crippen molar-refractivity contribution < 1.29 is 9.53 Å². The molecule has 172 valence electrons. The van der Waals surface area contributed by atoms with E-state index in [2.05, 4.69) is 22.0 Å². The second-order valence-electron chi connectivity index (χ2n) is 8.45. The lowest BCUT2D eigenvalue weighted by Gasteiger charge is -2.34. The molecule has 0 radical (unpaired) electrons. The molecule has 1 fully saturated rings. The molecule has 1 aliphatic rings. The lowest BCUT2D eigenvalue weighted by molar-refractivity contribution is -0.123. The first-order chi connectivity index (χ1) is 16.2. The second-order valence-corrected chi connectivity index (χ2v) is 8.45. The number of aromatic nitrogens is 2. The molecule has 1 amide bonds. The number of methoxy groups -OCH3 is 1. The van der Waals surface area contributed by atoms with Crippen molar-refractivity contribution in [2.24, 2.45) is 5.92 Å². The molecule has 0 bridgehead atoms. The van der Waals surface area contributed by atoms with Gasteiger partial charge in [-0.05, 0) is 67.8 Å². The molecule has 33 heavy (non-hydrogen) atoms. The van der Waals surface area contributed by atoms with Crippen LogP contribution in [0.2, 0.25) is 0 Å². The van der Waals surface area contributed by atoms with Crippen LogP contribution in [-0.2, 0) is 4.79 Å². The highest BCUT2D eigenvalue weighted by Crippen LogP contribution is 2.27. The molecule has 6 nitrogen and oxygen atoms in total. The maximum absolute atomic E-state index is 13.4. The van der Waals surface area contributed by atoms with E-state index in [9.17, 15) is 4.79 Å². The third kappa shape index (κ3) is 5.51. The van der Waals surface area contributed by atoms with Crippen LogP contribution in [0.1, 0.15) is 32.6 Å². The summed E-state index contributed by atoms with van der Waals surface area (Å²) in [5.41, 5.74) is 2.84. The van der Waals surface area contributed by atoms with Gasteiger partial charge in [-0.2, -0.15) is 0 Å². The first kappa shape index (κ1) is 22.8. The first-order valence-electron chi connectivity index (χ1n) is 11.8. The van der Waals surface area contributed by atoms with Gasteiger partial charge in [0, 0.05) is 36.8 Å². The lowest BCUT2D eigenvalue weighted by Crippen LogP contribution is -2.43. The van der Waals surface area contributed by atoms with E-state index in [0.29, 0.717) is 0 Å². The molecule has 4 rings (SSSR count). The number of benzene rings is 2. The molecule has 1 saturated heterocycles. The van der Waals surface area contributed by atoms with Crippen molar-refractivity contribution >= 4 is 17.4 Å². The zero-order chi connectivity index (χ0) is 23.0. The van der Waals surface area contributed by atoms with Gasteiger partial charge in [-0.25, -0.2) is 0 Å². The van der Waals surface area contributed by atoms with Crippen LogP contribution in [0.15, 0.2) is 66.7 Å². The Morgan fingerprint density at radius 1 is 1.00 bits per heavy atom. The molecule has 2 aromatic carbocycles. The summed E-state index contributed by atoms with van der Waals surface area (Å²) in [6.07, 6.45) is 3.74. The smallest absolute Gasteiger partial charge is 0.230 e. The molecule has 0 saturated carbocycles. The van der Waals surface area contributed by atoms with Crippen molar-refractivity contribution in [3.63, 3.8) is 0 Å². The topological polar surface area (TPSA) is 58.6 Å². The van der Waals surface area contributed by atoms with E-state index in [4.69, 9.17) is 4.74 Å². The predicted molar refractivity (Wildman–Crippen MR) is 133 cm³/mol. The van der Waals surface area contributed by atoms with Crippen LogP contribution in [0.4, 0.5) is 11.5 Å². The van der Waals surface area contributed by atoms with Crippen LogP contribution in [0.5, 0.6) is 5.75 Å². The van der Waals surface area contributed by atoms with Crippen LogP contribution < -0.4 is 14.5 Å². The number of hydrogen-bond acceptors (Lipinski definition) is 5. The van der Waals surface area contributed by atoms with Gasteiger partial charge < -0.3 is 14.5 Å². The van der Waals surface area contributed by atoms with Gasteiger partial charge in [0.15, 0.2) is 5.82 Å². The number of para-hydroxylation sites is 1. The minimum absolute atomic E-state index is 0.0462. The summed E-state index contributed by atoms with van der Waals surface area (Å²) in [6.45, 7) is 4.55. The maximum atomic E-state index is 13.4. The van der Waals surface area contributed by atoms with Crippen LogP contribution in [-0.4, -0.2) is 42.8 Å². The lowest BCUT2D eigenvalue weighted by atomic mass is 9.94. The van der Waals surface area contributed by atoms with Crippen molar-refractivity contribution in [3.8, 4) is 17.0 Å². The maximum Gasteiger partial charge on any atom is 0.230 e. The summed E-state index contributed by atoms with van der Waals surface area (Å²) >= 11 is 0. The normalized spacial score (nSPS) is 14.2. The third-order valence-electron chi connectivity index (χ3n) is 6.27. The van der Waals surface area contributed by atoms with E-state index in [1.54, 1.807) is 7.11 Å². The largest absolute Gasteiger partial charge is 0.497 e. The number of nitrogens with zero attached hydrogens (tertiary/aromatic N) is 4. The summed E-state index contributed by atoms with van der Waals surface area (Å²) in [4.78, 5) is 17.6. The Labute approximate surface area is 196 Å². The number of unbranched alkanes of at least 4 members (excludes halogenated alkanes) is 1. The summed E-state index contributed by atoms with van der Waals surface area (Å²) in [5, 5.41) is 8.89. The number of ether oxygens (including phenoxy) is 1. The molecular weight excluding hydrogens is 412 g/mol. The standard InChI is InChI=1S/C27H32N4O2/c1-3-4-18-31(23-8-6-5-7-9-23)27(32)22-16-19-30(20-17-22)26-15-14-25(28-29-26)21-10-12-24(33-2)13-11-21/h5-15,22H,3-4,16-20H2,1-2H3. The molecule has 0 atom stereocenters. The van der Waals surface area contributed by atoms with Crippen molar-refractivity contribution in [1.29, 1.82) is 0 Å². The average Bonchev–Trinajstić information content (AvgIpc) is 2.90. The Hall–Kier alpha value is -3.41. The third-order valence-corrected chi connectivity index (χ3v) is 6.27. The molecule has 3 aromatic rings. The van der Waals surface area contributed by atoms with Crippen molar-refractivity contribution in [2.45, 2.75) is 32.6 Å². The summed E-state index contributed by atoms with van der Waals surface area (Å²) < 4.78 is 5.22. The molecule has 0 N–H and O–H groups in total. The quantitative estimate of drug-likeness (QED) is 0.478. The number of anilines is 2. The number of piperidine rings is 1. The molecule has 1 aromatic heterocycles. The SMILES string of the molecule is CCCCN(C(=O)C1CCN(c2ccc(-c3ccc(OC)cc3)nn2)CC1)c1ccccc1. The van der Waals surface area contributed by atoms with E-state index in [1.807, 2.05) is 71.6 Å². The van der Waals surface area contributed by atoms with Crippen molar-refractivity contribution in [1.82, 2.24) is 10.2 Å². The first-order valence-corrected chi connectivity index (χ1v) is 11.8. The molecular formula is C27H32N4O2. The Balaban J connectivity index is 1.38. The van der Waals surface area contributed by atoms with Gasteiger partial charge in [-0.1, -0.05) is 31.5 Å². The predicted octanol–water partition coefficient (Wildman–Crippen LogP) is 5.20. The highest BCUT2D eigenvalue weighted by Gasteiger charge is 2.29. The summed E-state index contributed by atoms with van der Waals surface area (Å²) in [5.74, 6) is 1.98. The Bertz CT molecular complexity index is 1010. The van der Waals surface area contributed by atoms with Crippen LogP contribution in [0.25, 0.3) is 11.3 Å². The van der Waals surface area contributed by atoms with Gasteiger partial charge in [0.25, 0.3) is 0 Å². The average molecular weight is 445 g/mol. The number of rotatable bonds is 8. The Morgan fingerprint density at radius 2 is 1.73 bits per heavy atom. The van der Waals surface area contributed by atoms with Crippen LogP contribution >= 0.6 is 0 Å². The second kappa shape index (κ2) is 10.9. The van der Waals surface area contributed by atoms with Gasteiger partial charge in [0.2, 0.25) is 5.91 Å². The van der Waals surface area contributed by atoms with Gasteiger partial charge in [-0.3, -0.25) is 4.79 Å². The van der Waals surface area contributed by atoms with Gasteiger partial charge in [-0.15, -0.1) is 10.2 Å². The van der Waals surface area contributed by atoms with Gasteiger partial charge in [0.05, 0.1) is 12.8 Å². The molecule has 6 heteroatoms. The molecule has 0 spiro atoms. The van der Waals surface area contributed by atoms with Gasteiger partial charge in [0.1, 0.15) is 5.75 Å². The molecule has 2 heterocycles. The fourth-order valence-electron chi connectivity index (χ4n) is 4.28. The Kier molecular flexibility index (Phi) is 7.55. The van der Waals surface area contributed by atoms with Crippen LogP contribution in [0, 0.1) is 5.92 Å². The molecule has 1 aliphatic heterocycles. The zero-order valence-electron chi connectivity index (χ0n) is 19.5. The highest BCUT2D eigenvalue weighted by molar-refractivity contribution is 5.95. The number of carbonyl (C=O) groups excluding carboxylic acids is 1. The van der Waals surface area contributed by atoms with Crippen molar-refractivity contribution in [3.05, 3.63) is 66.7 Å². The van der Waals surface area contributed by atoms with Gasteiger partial charge >= 0.3 is 0 Å². The Morgan fingerprint density at radius 3 is 2.33 bits per heavy atom. The molecule has 0 aliphatic carbocycles. The number of amides is 1. The van der Waals surface area contributed by atoms with E-state index >= 15 is 0 Å². The number of hydrogen-bond donors (Lipinski definition) is 0. The number of carbonyl (C=O) groups is 1. The zero-order valence-corrected chi connectivity index (χ0v) is 19.5. The van der Waals surface area contributed by atoms with E-state index in [0.717, 1.165) is 73.8 Å². The minimum Gasteiger partial charge on any atom is -0.497 e. The highest BCUT2D eigenvalue weighted by atomic mass is 16.5. The molecule has 0 unspecified atom stereocenters. The fraction of sp³-hybridized carbons (Fsp3) is 0.370. The van der Waals surface area contributed by atoms with E-state index in [1.165, 1.54) is 0 Å². The van der Waals surface area contributed by atoms with E-state index in [-0.39, 0.29) is 11.8 Å². The van der Waals surface area contributed by atoms with Crippen LogP contribution in [0.3, 0.4) is 0 Å². The summed E-state index contributed by atoms with van der Waals surface area (Å²) in [7, 11) is 1.66. The fourth-order valence-corrected chi connectivity index (χ4v) is 4.28. The minimum atomic E-state index is 0.0462. The van der Waals surface area contributed by atoms with E-state index < -0.39 is 0 Å².